The monoisotopic (exact) mass is 332 g/mol. The van der Waals surface area contributed by atoms with E-state index in [1.165, 1.54) is 5.56 Å². The molecular weight excluding hydrogens is 304 g/mol. The molecule has 1 aromatic rings. The number of piperidine rings is 1. The molecule has 0 bridgehead atoms. The number of carboxylic acids is 1. The van der Waals surface area contributed by atoms with Gasteiger partial charge in [0.2, 0.25) is 5.91 Å². The summed E-state index contributed by atoms with van der Waals surface area (Å²) in [4.78, 5) is 25.4. The van der Waals surface area contributed by atoms with E-state index in [-0.39, 0.29) is 18.4 Å². The summed E-state index contributed by atoms with van der Waals surface area (Å²) in [5, 5.41) is 11.8. The Morgan fingerprint density at radius 1 is 1.33 bits per heavy atom. The van der Waals surface area contributed by atoms with Gasteiger partial charge in [0, 0.05) is 18.7 Å². The summed E-state index contributed by atoms with van der Waals surface area (Å²) >= 11 is 0. The number of aryl methyl sites for hydroxylation is 2. The number of hydrogen-bond donors (Lipinski definition) is 2. The molecule has 0 aromatic heterocycles. The molecule has 1 fully saturated rings. The van der Waals surface area contributed by atoms with E-state index in [0.717, 1.165) is 37.2 Å². The van der Waals surface area contributed by atoms with Crippen molar-refractivity contribution in [1.29, 1.82) is 0 Å². The van der Waals surface area contributed by atoms with E-state index in [1.807, 2.05) is 32.0 Å². The molecule has 2 atom stereocenters. The number of carbonyl (C=O) groups excluding carboxylic acids is 1. The predicted octanol–water partition coefficient (Wildman–Crippen LogP) is 3.21. The molecule has 1 amide bonds. The van der Waals surface area contributed by atoms with Crippen molar-refractivity contribution in [1.82, 2.24) is 4.90 Å². The first-order chi connectivity index (χ1) is 11.4. The van der Waals surface area contributed by atoms with Gasteiger partial charge in [0.05, 0.1) is 6.04 Å². The van der Waals surface area contributed by atoms with Crippen molar-refractivity contribution >= 4 is 17.6 Å². The summed E-state index contributed by atoms with van der Waals surface area (Å²) in [6.07, 6.45) is 2.97. The molecule has 0 radical (unpaired) electrons. The first kappa shape index (κ1) is 18.5. The van der Waals surface area contributed by atoms with E-state index in [2.05, 4.69) is 17.1 Å². The highest BCUT2D eigenvalue weighted by atomic mass is 16.4. The van der Waals surface area contributed by atoms with Crippen LogP contribution in [-0.2, 0) is 9.59 Å². The molecule has 1 aliphatic heterocycles. The van der Waals surface area contributed by atoms with Gasteiger partial charge in [-0.05, 0) is 75.8 Å². The third kappa shape index (κ3) is 5.06. The van der Waals surface area contributed by atoms with Crippen LogP contribution in [0.25, 0.3) is 0 Å². The molecule has 1 saturated heterocycles. The Hall–Kier alpha value is -1.88. The van der Waals surface area contributed by atoms with Crippen LogP contribution in [0.15, 0.2) is 18.2 Å². The number of carbonyl (C=O) groups is 2. The standard InChI is InChI=1S/C19H28N2O3/c1-13-6-8-17(11-14(13)2)20-19(24)15(3)21-10-4-5-16(12-21)7-9-18(22)23/h6,8,11,15-16H,4-5,7,9-10,12H2,1-3H3,(H,20,24)(H,22,23). The van der Waals surface area contributed by atoms with Gasteiger partial charge in [0.25, 0.3) is 0 Å². The van der Waals surface area contributed by atoms with Crippen LogP contribution in [0.1, 0.15) is 43.7 Å². The van der Waals surface area contributed by atoms with Gasteiger partial charge < -0.3 is 10.4 Å². The number of aliphatic carboxylic acids is 1. The highest BCUT2D eigenvalue weighted by Crippen LogP contribution is 2.23. The molecule has 1 aliphatic rings. The summed E-state index contributed by atoms with van der Waals surface area (Å²) in [6.45, 7) is 7.70. The highest BCUT2D eigenvalue weighted by molar-refractivity contribution is 5.94. The average molecular weight is 332 g/mol. The van der Waals surface area contributed by atoms with E-state index in [1.54, 1.807) is 0 Å². The summed E-state index contributed by atoms with van der Waals surface area (Å²) in [5.41, 5.74) is 3.19. The van der Waals surface area contributed by atoms with E-state index in [0.29, 0.717) is 12.3 Å². The van der Waals surface area contributed by atoms with Gasteiger partial charge in [0.15, 0.2) is 0 Å². The molecule has 132 valence electrons. The second-order valence-electron chi connectivity index (χ2n) is 6.90. The van der Waals surface area contributed by atoms with Gasteiger partial charge in [-0.15, -0.1) is 0 Å². The lowest BCUT2D eigenvalue weighted by molar-refractivity contribution is -0.137. The van der Waals surface area contributed by atoms with Gasteiger partial charge in [0.1, 0.15) is 0 Å². The summed E-state index contributed by atoms with van der Waals surface area (Å²) in [5.74, 6) is -0.378. The maximum atomic E-state index is 12.5. The zero-order valence-corrected chi connectivity index (χ0v) is 14.8. The SMILES string of the molecule is Cc1ccc(NC(=O)C(C)N2CCCC(CCC(=O)O)C2)cc1C. The molecule has 2 N–H and O–H groups in total. The molecule has 0 saturated carbocycles. The molecule has 2 rings (SSSR count). The lowest BCUT2D eigenvalue weighted by atomic mass is 9.92. The molecule has 24 heavy (non-hydrogen) atoms. The number of carboxylic acid groups (broad SMARTS) is 1. The van der Waals surface area contributed by atoms with E-state index in [4.69, 9.17) is 5.11 Å². The zero-order chi connectivity index (χ0) is 17.7. The third-order valence-electron chi connectivity index (χ3n) is 5.02. The Bertz CT molecular complexity index is 600. The van der Waals surface area contributed by atoms with Gasteiger partial charge in [-0.1, -0.05) is 6.07 Å². The molecule has 0 spiro atoms. The topological polar surface area (TPSA) is 69.6 Å². The maximum Gasteiger partial charge on any atom is 0.303 e. The van der Waals surface area contributed by atoms with Crippen LogP contribution in [0.4, 0.5) is 5.69 Å². The molecule has 2 unspecified atom stereocenters. The van der Waals surface area contributed by atoms with Crippen LogP contribution < -0.4 is 5.32 Å². The number of amides is 1. The number of benzene rings is 1. The van der Waals surface area contributed by atoms with Crippen LogP contribution in [-0.4, -0.2) is 41.0 Å². The first-order valence-electron chi connectivity index (χ1n) is 8.70. The molecule has 0 aliphatic carbocycles. The zero-order valence-electron chi connectivity index (χ0n) is 14.8. The van der Waals surface area contributed by atoms with Crippen LogP contribution in [0, 0.1) is 19.8 Å². The largest absolute Gasteiger partial charge is 0.481 e. The third-order valence-corrected chi connectivity index (χ3v) is 5.02. The minimum absolute atomic E-state index is 0.00265. The summed E-state index contributed by atoms with van der Waals surface area (Å²) < 4.78 is 0. The second kappa shape index (κ2) is 8.29. The Morgan fingerprint density at radius 3 is 2.75 bits per heavy atom. The summed E-state index contributed by atoms with van der Waals surface area (Å²) in [7, 11) is 0. The van der Waals surface area contributed by atoms with Crippen molar-refractivity contribution in [2.45, 2.75) is 52.5 Å². The lowest BCUT2D eigenvalue weighted by Crippen LogP contribution is -2.47. The predicted molar refractivity (Wildman–Crippen MR) is 95.2 cm³/mol. The van der Waals surface area contributed by atoms with Crippen LogP contribution >= 0.6 is 0 Å². The Kier molecular flexibility index (Phi) is 6.37. The molecular formula is C19H28N2O3. The quantitative estimate of drug-likeness (QED) is 0.839. The number of rotatable bonds is 6. The van der Waals surface area contributed by atoms with Gasteiger partial charge in [-0.25, -0.2) is 0 Å². The number of anilines is 1. The maximum absolute atomic E-state index is 12.5. The van der Waals surface area contributed by atoms with E-state index < -0.39 is 5.97 Å². The minimum Gasteiger partial charge on any atom is -0.481 e. The van der Waals surface area contributed by atoms with Crippen molar-refractivity contribution in [3.05, 3.63) is 29.3 Å². The van der Waals surface area contributed by atoms with Crippen molar-refractivity contribution < 1.29 is 14.7 Å². The summed E-state index contributed by atoms with van der Waals surface area (Å²) in [6, 6.07) is 5.72. The fourth-order valence-electron chi connectivity index (χ4n) is 3.24. The number of nitrogens with one attached hydrogen (secondary N) is 1. The van der Waals surface area contributed by atoms with E-state index >= 15 is 0 Å². The van der Waals surface area contributed by atoms with Crippen LogP contribution in [0.3, 0.4) is 0 Å². The first-order valence-corrected chi connectivity index (χ1v) is 8.70. The molecule has 1 heterocycles. The van der Waals surface area contributed by atoms with Crippen molar-refractivity contribution in [2.75, 3.05) is 18.4 Å². The Labute approximate surface area is 144 Å². The fraction of sp³-hybridized carbons (Fsp3) is 0.579. The Morgan fingerprint density at radius 2 is 2.08 bits per heavy atom. The lowest BCUT2D eigenvalue weighted by Gasteiger charge is -2.36. The number of likely N-dealkylation sites (tertiary alicyclic amines) is 1. The minimum atomic E-state index is -0.743. The van der Waals surface area contributed by atoms with Gasteiger partial charge >= 0.3 is 5.97 Å². The Balaban J connectivity index is 1.91. The second-order valence-corrected chi connectivity index (χ2v) is 6.90. The number of nitrogens with zero attached hydrogens (tertiary/aromatic N) is 1. The van der Waals surface area contributed by atoms with Gasteiger partial charge in [-0.2, -0.15) is 0 Å². The van der Waals surface area contributed by atoms with Crippen LogP contribution in [0.5, 0.6) is 0 Å². The van der Waals surface area contributed by atoms with Gasteiger partial charge in [-0.3, -0.25) is 14.5 Å². The number of hydrogen-bond acceptors (Lipinski definition) is 3. The fourth-order valence-corrected chi connectivity index (χ4v) is 3.24. The van der Waals surface area contributed by atoms with Crippen molar-refractivity contribution in [3.63, 3.8) is 0 Å². The normalized spacial score (nSPS) is 19.7. The van der Waals surface area contributed by atoms with Crippen LogP contribution in [0.2, 0.25) is 0 Å². The molecule has 1 aromatic carbocycles. The molecule has 5 nitrogen and oxygen atoms in total. The average Bonchev–Trinajstić information content (AvgIpc) is 2.56. The molecule has 5 heteroatoms. The van der Waals surface area contributed by atoms with Crippen molar-refractivity contribution in [3.8, 4) is 0 Å². The van der Waals surface area contributed by atoms with Crippen molar-refractivity contribution in [2.24, 2.45) is 5.92 Å². The highest BCUT2D eigenvalue weighted by Gasteiger charge is 2.27. The van der Waals surface area contributed by atoms with E-state index in [9.17, 15) is 9.59 Å². The smallest absolute Gasteiger partial charge is 0.303 e.